The van der Waals surface area contributed by atoms with Gasteiger partial charge >= 0.3 is 0 Å². The Morgan fingerprint density at radius 3 is 2.65 bits per heavy atom. The van der Waals surface area contributed by atoms with Crippen LogP contribution in [0.15, 0.2) is 28.8 Å². The van der Waals surface area contributed by atoms with E-state index in [1.807, 2.05) is 19.1 Å². The van der Waals surface area contributed by atoms with Crippen LogP contribution in [0.3, 0.4) is 0 Å². The van der Waals surface area contributed by atoms with Gasteiger partial charge in [-0.25, -0.2) is 0 Å². The summed E-state index contributed by atoms with van der Waals surface area (Å²) in [5, 5.41) is 10.9. The molecule has 1 N–H and O–H groups in total. The van der Waals surface area contributed by atoms with Crippen molar-refractivity contribution in [3.8, 4) is 5.75 Å². The lowest BCUT2D eigenvalue weighted by Gasteiger charge is -2.14. The zero-order valence-corrected chi connectivity index (χ0v) is 11.4. The van der Waals surface area contributed by atoms with Crippen LogP contribution in [0.5, 0.6) is 5.75 Å². The second-order valence-corrected chi connectivity index (χ2v) is 5.59. The number of rotatable bonds is 2. The molecular formula is C15H19ClO. The highest BCUT2D eigenvalue weighted by Gasteiger charge is 2.28. The molecule has 1 aromatic carbocycles. The number of aryl methyl sites for hydroxylation is 1. The van der Waals surface area contributed by atoms with Gasteiger partial charge in [-0.05, 0) is 31.7 Å². The van der Waals surface area contributed by atoms with Crippen LogP contribution < -0.4 is 0 Å². The van der Waals surface area contributed by atoms with Gasteiger partial charge < -0.3 is 5.11 Å². The molecule has 17 heavy (non-hydrogen) atoms. The maximum Gasteiger partial charge on any atom is 0.119 e. The first-order valence-corrected chi connectivity index (χ1v) is 6.56. The van der Waals surface area contributed by atoms with Crippen LogP contribution >= 0.6 is 11.6 Å². The minimum Gasteiger partial charge on any atom is -0.508 e. The van der Waals surface area contributed by atoms with Crippen LogP contribution in [0.1, 0.15) is 43.7 Å². The first-order valence-electron chi connectivity index (χ1n) is 6.18. The molecule has 0 aliphatic heterocycles. The molecule has 0 spiro atoms. The third kappa shape index (κ3) is 2.35. The fraction of sp³-hybridized carbons (Fsp3) is 0.467. The summed E-state index contributed by atoms with van der Waals surface area (Å²) >= 11 is 6.47. The summed E-state index contributed by atoms with van der Waals surface area (Å²) in [6.45, 7) is 6.39. The van der Waals surface area contributed by atoms with E-state index in [1.165, 1.54) is 11.1 Å². The molecule has 92 valence electrons. The SMILES string of the molecule is Cc1ccc(O)c(C2CCC(C(C)C)=C2Cl)c1. The van der Waals surface area contributed by atoms with E-state index in [0.717, 1.165) is 23.4 Å². The van der Waals surface area contributed by atoms with Crippen molar-refractivity contribution in [3.63, 3.8) is 0 Å². The summed E-state index contributed by atoms with van der Waals surface area (Å²) in [7, 11) is 0. The molecule has 1 aliphatic carbocycles. The maximum atomic E-state index is 9.96. The van der Waals surface area contributed by atoms with Gasteiger partial charge in [0.2, 0.25) is 0 Å². The molecule has 0 heterocycles. The summed E-state index contributed by atoms with van der Waals surface area (Å²) in [5.41, 5.74) is 3.49. The van der Waals surface area contributed by atoms with Gasteiger partial charge in [0.1, 0.15) is 5.75 Å². The number of hydrogen-bond acceptors (Lipinski definition) is 1. The molecule has 0 radical (unpaired) electrons. The summed E-state index contributed by atoms with van der Waals surface area (Å²) in [6.07, 6.45) is 2.07. The predicted molar refractivity (Wildman–Crippen MR) is 72.5 cm³/mol. The molecule has 1 nitrogen and oxygen atoms in total. The highest BCUT2D eigenvalue weighted by Crippen LogP contribution is 2.46. The number of hydrogen-bond donors (Lipinski definition) is 1. The van der Waals surface area contributed by atoms with Gasteiger partial charge in [0.25, 0.3) is 0 Å². The number of benzene rings is 1. The van der Waals surface area contributed by atoms with Crippen molar-refractivity contribution >= 4 is 11.6 Å². The second kappa shape index (κ2) is 4.73. The minimum atomic E-state index is 0.189. The molecule has 2 heteroatoms. The molecule has 0 bridgehead atoms. The van der Waals surface area contributed by atoms with E-state index in [-0.39, 0.29) is 5.92 Å². The van der Waals surface area contributed by atoms with Gasteiger partial charge in [0, 0.05) is 16.5 Å². The number of phenols is 1. The fourth-order valence-electron chi connectivity index (χ4n) is 2.58. The van der Waals surface area contributed by atoms with Crippen molar-refractivity contribution in [1.29, 1.82) is 0 Å². The quantitative estimate of drug-likeness (QED) is 0.805. The fourth-order valence-corrected chi connectivity index (χ4v) is 3.12. The normalized spacial score (nSPS) is 20.4. The van der Waals surface area contributed by atoms with Crippen LogP contribution in [0.2, 0.25) is 0 Å². The molecular weight excluding hydrogens is 232 g/mol. The van der Waals surface area contributed by atoms with E-state index in [1.54, 1.807) is 6.07 Å². The topological polar surface area (TPSA) is 20.2 Å². The lowest BCUT2D eigenvalue weighted by molar-refractivity contribution is 0.464. The van der Waals surface area contributed by atoms with Crippen LogP contribution in [0.25, 0.3) is 0 Å². The Kier molecular flexibility index (Phi) is 3.48. The van der Waals surface area contributed by atoms with Crippen molar-refractivity contribution < 1.29 is 5.11 Å². The van der Waals surface area contributed by atoms with Gasteiger partial charge in [-0.2, -0.15) is 0 Å². The first-order chi connectivity index (χ1) is 8.00. The maximum absolute atomic E-state index is 9.96. The molecule has 1 unspecified atom stereocenters. The highest BCUT2D eigenvalue weighted by molar-refractivity contribution is 6.31. The summed E-state index contributed by atoms with van der Waals surface area (Å²) in [4.78, 5) is 0. The molecule has 0 fully saturated rings. The Balaban J connectivity index is 2.39. The van der Waals surface area contributed by atoms with E-state index in [4.69, 9.17) is 11.6 Å². The molecule has 0 amide bonds. The largest absolute Gasteiger partial charge is 0.508 e. The number of halogens is 1. The number of aromatic hydroxyl groups is 1. The monoisotopic (exact) mass is 250 g/mol. The van der Waals surface area contributed by atoms with Gasteiger partial charge in [0.05, 0.1) is 0 Å². The van der Waals surface area contributed by atoms with Gasteiger partial charge in [-0.1, -0.05) is 48.7 Å². The van der Waals surface area contributed by atoms with Crippen molar-refractivity contribution in [2.24, 2.45) is 5.92 Å². The molecule has 0 saturated heterocycles. The lowest BCUT2D eigenvalue weighted by atomic mass is 9.96. The highest BCUT2D eigenvalue weighted by atomic mass is 35.5. The van der Waals surface area contributed by atoms with Crippen LogP contribution in [0, 0.1) is 12.8 Å². The molecule has 2 rings (SSSR count). The smallest absolute Gasteiger partial charge is 0.119 e. The van der Waals surface area contributed by atoms with E-state index in [2.05, 4.69) is 13.8 Å². The third-order valence-corrected chi connectivity index (χ3v) is 4.08. The average Bonchev–Trinajstić information content (AvgIpc) is 2.64. The van der Waals surface area contributed by atoms with Gasteiger partial charge in [0.15, 0.2) is 0 Å². The Hall–Kier alpha value is -0.950. The minimum absolute atomic E-state index is 0.189. The average molecular weight is 251 g/mol. The Labute approximate surface area is 108 Å². The van der Waals surface area contributed by atoms with E-state index < -0.39 is 0 Å². The van der Waals surface area contributed by atoms with Crippen molar-refractivity contribution in [2.45, 2.75) is 39.5 Å². The number of allylic oxidation sites excluding steroid dienone is 2. The van der Waals surface area contributed by atoms with E-state index in [0.29, 0.717) is 11.7 Å². The standard InChI is InChI=1S/C15H19ClO/c1-9(2)11-5-6-12(15(11)16)13-8-10(3)4-7-14(13)17/h4,7-9,12,17H,5-6H2,1-3H3. The zero-order chi connectivity index (χ0) is 12.6. The van der Waals surface area contributed by atoms with Crippen molar-refractivity contribution in [1.82, 2.24) is 0 Å². The molecule has 1 atom stereocenters. The van der Waals surface area contributed by atoms with E-state index >= 15 is 0 Å². The zero-order valence-electron chi connectivity index (χ0n) is 10.6. The Morgan fingerprint density at radius 2 is 2.06 bits per heavy atom. The lowest BCUT2D eigenvalue weighted by Crippen LogP contribution is -1.96. The molecule has 0 aromatic heterocycles. The predicted octanol–water partition coefficient (Wildman–Crippen LogP) is 4.73. The Bertz CT molecular complexity index is 460. The van der Waals surface area contributed by atoms with Crippen molar-refractivity contribution in [2.75, 3.05) is 0 Å². The van der Waals surface area contributed by atoms with Gasteiger partial charge in [-0.3, -0.25) is 0 Å². The third-order valence-electron chi connectivity index (χ3n) is 3.57. The van der Waals surface area contributed by atoms with E-state index in [9.17, 15) is 5.11 Å². The van der Waals surface area contributed by atoms with Gasteiger partial charge in [-0.15, -0.1) is 0 Å². The Morgan fingerprint density at radius 1 is 1.35 bits per heavy atom. The molecule has 1 aromatic rings. The van der Waals surface area contributed by atoms with Crippen LogP contribution in [-0.2, 0) is 0 Å². The van der Waals surface area contributed by atoms with Crippen LogP contribution in [-0.4, -0.2) is 5.11 Å². The summed E-state index contributed by atoms with van der Waals surface area (Å²) < 4.78 is 0. The van der Waals surface area contributed by atoms with Crippen LogP contribution in [0.4, 0.5) is 0 Å². The van der Waals surface area contributed by atoms with Crippen molar-refractivity contribution in [3.05, 3.63) is 39.9 Å². The number of phenolic OH excluding ortho intramolecular Hbond substituents is 1. The summed E-state index contributed by atoms with van der Waals surface area (Å²) in [6, 6.07) is 5.74. The molecule has 1 aliphatic rings. The first kappa shape index (κ1) is 12.5. The second-order valence-electron chi connectivity index (χ2n) is 5.18. The molecule has 0 saturated carbocycles. The summed E-state index contributed by atoms with van der Waals surface area (Å²) in [5.74, 6) is 1.05.